The first-order valence-corrected chi connectivity index (χ1v) is 3.92. The Labute approximate surface area is 73.5 Å². The van der Waals surface area contributed by atoms with Crippen molar-refractivity contribution in [1.82, 2.24) is 0 Å². The van der Waals surface area contributed by atoms with Crippen LogP contribution in [-0.2, 0) is 4.79 Å². The highest BCUT2D eigenvalue weighted by atomic mass is 16.1. The second-order valence-corrected chi connectivity index (χ2v) is 2.63. The van der Waals surface area contributed by atoms with E-state index < -0.39 is 5.91 Å². The van der Waals surface area contributed by atoms with Crippen LogP contribution in [0.25, 0.3) is 0 Å². The minimum Gasteiger partial charge on any atom is -0.366 e. The smallest absolute Gasteiger partial charge is 0.248 e. The first-order valence-electron chi connectivity index (χ1n) is 3.92. The van der Waals surface area contributed by atoms with Crippen molar-refractivity contribution in [1.29, 1.82) is 0 Å². The van der Waals surface area contributed by atoms with E-state index >= 15 is 0 Å². The SMILES string of the molecule is C=C(/C=C\C(=C)C(N)=O)CCC. The molecule has 0 aliphatic carbocycles. The van der Waals surface area contributed by atoms with Crippen LogP contribution in [0.15, 0.2) is 36.5 Å². The lowest BCUT2D eigenvalue weighted by Crippen LogP contribution is -2.11. The number of amides is 1. The van der Waals surface area contributed by atoms with Crippen LogP contribution in [-0.4, -0.2) is 5.91 Å². The molecule has 2 heteroatoms. The minimum atomic E-state index is -0.490. The number of rotatable bonds is 5. The van der Waals surface area contributed by atoms with E-state index in [1.165, 1.54) is 0 Å². The van der Waals surface area contributed by atoms with Crippen LogP contribution in [0.2, 0.25) is 0 Å². The first kappa shape index (κ1) is 10.7. The molecule has 12 heavy (non-hydrogen) atoms. The zero-order valence-corrected chi connectivity index (χ0v) is 7.47. The summed E-state index contributed by atoms with van der Waals surface area (Å²) in [5.41, 5.74) is 6.28. The van der Waals surface area contributed by atoms with Crippen LogP contribution < -0.4 is 5.73 Å². The van der Waals surface area contributed by atoms with E-state index in [1.54, 1.807) is 12.2 Å². The van der Waals surface area contributed by atoms with Crippen LogP contribution in [0.4, 0.5) is 0 Å². The molecule has 0 aromatic rings. The number of allylic oxidation sites excluding steroid dienone is 2. The molecule has 0 radical (unpaired) electrons. The molecule has 0 rings (SSSR count). The summed E-state index contributed by atoms with van der Waals surface area (Å²) in [6.45, 7) is 9.35. The lowest BCUT2D eigenvalue weighted by atomic mass is 10.1. The topological polar surface area (TPSA) is 43.1 Å². The fraction of sp³-hybridized carbons (Fsp3) is 0.300. The molecule has 0 saturated carbocycles. The van der Waals surface area contributed by atoms with E-state index in [1.807, 2.05) is 0 Å². The van der Waals surface area contributed by atoms with Gasteiger partial charge in [-0.25, -0.2) is 0 Å². The highest BCUT2D eigenvalue weighted by Crippen LogP contribution is 2.04. The quantitative estimate of drug-likeness (QED) is 0.491. The largest absolute Gasteiger partial charge is 0.366 e. The second kappa shape index (κ2) is 5.35. The van der Waals surface area contributed by atoms with E-state index in [2.05, 4.69) is 20.1 Å². The van der Waals surface area contributed by atoms with Gasteiger partial charge in [0.1, 0.15) is 0 Å². The van der Waals surface area contributed by atoms with Crippen molar-refractivity contribution in [2.45, 2.75) is 19.8 Å². The highest BCUT2D eigenvalue weighted by molar-refractivity contribution is 5.94. The normalized spacial score (nSPS) is 10.1. The Morgan fingerprint density at radius 3 is 2.42 bits per heavy atom. The third-order valence-corrected chi connectivity index (χ3v) is 1.41. The monoisotopic (exact) mass is 165 g/mol. The van der Waals surface area contributed by atoms with Crippen molar-refractivity contribution >= 4 is 5.91 Å². The Bertz CT molecular complexity index is 226. The van der Waals surface area contributed by atoms with Gasteiger partial charge in [0.25, 0.3) is 0 Å². The highest BCUT2D eigenvalue weighted by Gasteiger charge is 1.94. The average Bonchev–Trinajstić information content (AvgIpc) is 2.00. The molecule has 1 amide bonds. The van der Waals surface area contributed by atoms with Gasteiger partial charge in [0.05, 0.1) is 0 Å². The van der Waals surface area contributed by atoms with Crippen LogP contribution in [0.1, 0.15) is 19.8 Å². The standard InChI is InChI=1S/C10H15NO/c1-4-5-8(2)6-7-9(3)10(11)12/h6-7H,2-5H2,1H3,(H2,11,12)/b7-6-. The Hall–Kier alpha value is -1.31. The summed E-state index contributed by atoms with van der Waals surface area (Å²) in [7, 11) is 0. The van der Waals surface area contributed by atoms with Crippen molar-refractivity contribution in [2.24, 2.45) is 5.73 Å². The van der Waals surface area contributed by atoms with Gasteiger partial charge in [0.15, 0.2) is 0 Å². The molecule has 0 bridgehead atoms. The molecule has 0 aliphatic rings. The molecule has 2 N–H and O–H groups in total. The summed E-state index contributed by atoms with van der Waals surface area (Å²) in [6, 6.07) is 0. The molecule has 0 unspecified atom stereocenters. The third-order valence-electron chi connectivity index (χ3n) is 1.41. The molecular weight excluding hydrogens is 150 g/mol. The fourth-order valence-corrected chi connectivity index (χ4v) is 0.705. The average molecular weight is 165 g/mol. The number of carbonyl (C=O) groups excluding carboxylic acids is 1. The Morgan fingerprint density at radius 1 is 1.42 bits per heavy atom. The lowest BCUT2D eigenvalue weighted by Gasteiger charge is -1.95. The molecular formula is C10H15NO. The molecule has 0 aromatic carbocycles. The Morgan fingerprint density at radius 2 is 2.00 bits per heavy atom. The summed E-state index contributed by atoms with van der Waals surface area (Å²) in [5, 5.41) is 0. The van der Waals surface area contributed by atoms with Crippen LogP contribution >= 0.6 is 0 Å². The summed E-state index contributed by atoms with van der Waals surface area (Å²) in [5.74, 6) is -0.490. The maximum atomic E-state index is 10.5. The van der Waals surface area contributed by atoms with Crippen LogP contribution in [0, 0.1) is 0 Å². The van der Waals surface area contributed by atoms with Gasteiger partial charge in [-0.15, -0.1) is 0 Å². The van der Waals surface area contributed by atoms with Crippen molar-refractivity contribution in [3.05, 3.63) is 36.5 Å². The van der Waals surface area contributed by atoms with Crippen molar-refractivity contribution < 1.29 is 4.79 Å². The molecule has 2 nitrogen and oxygen atoms in total. The van der Waals surface area contributed by atoms with Gasteiger partial charge in [-0.1, -0.05) is 38.2 Å². The maximum Gasteiger partial charge on any atom is 0.248 e. The Balaban J connectivity index is 3.98. The molecule has 0 aliphatic heterocycles. The number of hydrogen-bond acceptors (Lipinski definition) is 1. The summed E-state index contributed by atoms with van der Waals surface area (Å²) < 4.78 is 0. The number of hydrogen-bond donors (Lipinski definition) is 1. The van der Waals surface area contributed by atoms with E-state index in [9.17, 15) is 4.79 Å². The van der Waals surface area contributed by atoms with Gasteiger partial charge < -0.3 is 5.73 Å². The van der Waals surface area contributed by atoms with Gasteiger partial charge in [0, 0.05) is 5.57 Å². The fourth-order valence-electron chi connectivity index (χ4n) is 0.705. The minimum absolute atomic E-state index is 0.312. The van der Waals surface area contributed by atoms with E-state index in [0.717, 1.165) is 18.4 Å². The van der Waals surface area contributed by atoms with Crippen LogP contribution in [0.3, 0.4) is 0 Å². The van der Waals surface area contributed by atoms with Crippen molar-refractivity contribution in [3.63, 3.8) is 0 Å². The predicted molar refractivity (Wildman–Crippen MR) is 51.5 cm³/mol. The number of carbonyl (C=O) groups is 1. The maximum absolute atomic E-state index is 10.5. The van der Waals surface area contributed by atoms with Gasteiger partial charge in [-0.05, 0) is 12.5 Å². The summed E-state index contributed by atoms with van der Waals surface area (Å²) in [6.07, 6.45) is 5.35. The molecule has 66 valence electrons. The Kier molecular flexibility index (Phi) is 4.77. The molecule has 0 fully saturated rings. The molecule has 0 spiro atoms. The predicted octanol–water partition coefficient (Wildman–Crippen LogP) is 1.94. The summed E-state index contributed by atoms with van der Waals surface area (Å²) >= 11 is 0. The van der Waals surface area contributed by atoms with E-state index in [0.29, 0.717) is 5.57 Å². The zero-order chi connectivity index (χ0) is 9.56. The lowest BCUT2D eigenvalue weighted by molar-refractivity contribution is -0.114. The number of nitrogens with two attached hydrogens (primary N) is 1. The summed E-state index contributed by atoms with van der Waals surface area (Å²) in [4.78, 5) is 10.5. The van der Waals surface area contributed by atoms with Gasteiger partial charge in [0.2, 0.25) is 5.91 Å². The van der Waals surface area contributed by atoms with Crippen molar-refractivity contribution in [2.75, 3.05) is 0 Å². The van der Waals surface area contributed by atoms with Crippen LogP contribution in [0.5, 0.6) is 0 Å². The van der Waals surface area contributed by atoms with Gasteiger partial charge >= 0.3 is 0 Å². The zero-order valence-electron chi connectivity index (χ0n) is 7.47. The molecule has 0 atom stereocenters. The third kappa shape index (κ3) is 4.50. The van der Waals surface area contributed by atoms with E-state index in [4.69, 9.17) is 5.73 Å². The van der Waals surface area contributed by atoms with Gasteiger partial charge in [-0.3, -0.25) is 4.79 Å². The number of primary amides is 1. The van der Waals surface area contributed by atoms with Gasteiger partial charge in [-0.2, -0.15) is 0 Å². The molecule has 0 saturated heterocycles. The van der Waals surface area contributed by atoms with E-state index in [-0.39, 0.29) is 0 Å². The van der Waals surface area contributed by atoms with Crippen molar-refractivity contribution in [3.8, 4) is 0 Å². The molecule has 0 aromatic heterocycles. The molecule has 0 heterocycles. The second-order valence-electron chi connectivity index (χ2n) is 2.63. The first-order chi connectivity index (χ1) is 5.57.